The normalized spacial score (nSPS) is 21.8. The van der Waals surface area contributed by atoms with Gasteiger partial charge in [0, 0.05) is 38.0 Å². The molecule has 84 valence electrons. The maximum Gasteiger partial charge on any atom is 0.0949 e. The van der Waals surface area contributed by atoms with Crippen LogP contribution in [0.15, 0.2) is 12.5 Å². The van der Waals surface area contributed by atoms with Crippen LogP contribution in [0.1, 0.15) is 24.5 Å². The number of methoxy groups -OCH3 is 1. The molecule has 1 atom stereocenters. The van der Waals surface area contributed by atoms with E-state index in [0.29, 0.717) is 5.92 Å². The molecule has 0 saturated carbocycles. The first-order chi connectivity index (χ1) is 7.42. The van der Waals surface area contributed by atoms with Gasteiger partial charge < -0.3 is 14.6 Å². The van der Waals surface area contributed by atoms with Crippen LogP contribution in [0.2, 0.25) is 0 Å². The molecule has 1 aliphatic rings. The van der Waals surface area contributed by atoms with Gasteiger partial charge in [0.15, 0.2) is 0 Å². The number of imidazole rings is 1. The molecule has 0 spiro atoms. The highest BCUT2D eigenvalue weighted by Crippen LogP contribution is 2.22. The molecule has 1 unspecified atom stereocenters. The van der Waals surface area contributed by atoms with Crippen LogP contribution < -0.4 is 5.32 Å². The quantitative estimate of drug-likeness (QED) is 0.804. The second-order valence-corrected chi connectivity index (χ2v) is 4.05. The van der Waals surface area contributed by atoms with Crippen molar-refractivity contribution in [2.75, 3.05) is 26.8 Å². The Morgan fingerprint density at radius 3 is 3.33 bits per heavy atom. The van der Waals surface area contributed by atoms with Crippen molar-refractivity contribution in [1.82, 2.24) is 14.9 Å². The van der Waals surface area contributed by atoms with Gasteiger partial charge in [0.05, 0.1) is 12.9 Å². The van der Waals surface area contributed by atoms with Crippen LogP contribution in [0.25, 0.3) is 0 Å². The van der Waals surface area contributed by atoms with Gasteiger partial charge in [-0.1, -0.05) is 0 Å². The maximum absolute atomic E-state index is 5.09. The zero-order valence-corrected chi connectivity index (χ0v) is 9.28. The summed E-state index contributed by atoms with van der Waals surface area (Å²) in [5.41, 5.74) is 1.35. The Labute approximate surface area is 90.6 Å². The number of nitrogens with one attached hydrogen (secondary N) is 1. The predicted octanol–water partition coefficient (Wildman–Crippen LogP) is 0.996. The number of aromatic nitrogens is 2. The van der Waals surface area contributed by atoms with E-state index in [4.69, 9.17) is 4.74 Å². The van der Waals surface area contributed by atoms with E-state index in [2.05, 4.69) is 14.9 Å². The fraction of sp³-hybridized carbons (Fsp3) is 0.727. The van der Waals surface area contributed by atoms with E-state index in [9.17, 15) is 0 Å². The number of nitrogens with zero attached hydrogens (tertiary/aromatic N) is 2. The van der Waals surface area contributed by atoms with E-state index in [1.54, 1.807) is 7.11 Å². The van der Waals surface area contributed by atoms with Gasteiger partial charge in [-0.05, 0) is 19.4 Å². The molecule has 4 nitrogen and oxygen atoms in total. The van der Waals surface area contributed by atoms with Crippen molar-refractivity contribution < 1.29 is 4.74 Å². The summed E-state index contributed by atoms with van der Waals surface area (Å²) in [5, 5.41) is 3.43. The predicted molar refractivity (Wildman–Crippen MR) is 58.9 cm³/mol. The van der Waals surface area contributed by atoms with Gasteiger partial charge in [-0.3, -0.25) is 0 Å². The fourth-order valence-corrected chi connectivity index (χ4v) is 2.15. The summed E-state index contributed by atoms with van der Waals surface area (Å²) in [5.74, 6) is 0.623. The monoisotopic (exact) mass is 209 g/mol. The molecule has 1 aromatic heterocycles. The van der Waals surface area contributed by atoms with Crippen LogP contribution in [0.5, 0.6) is 0 Å². The molecule has 2 heterocycles. The molecule has 1 aromatic rings. The van der Waals surface area contributed by atoms with Crippen molar-refractivity contribution in [3.05, 3.63) is 18.2 Å². The van der Waals surface area contributed by atoms with Crippen LogP contribution in [0, 0.1) is 0 Å². The van der Waals surface area contributed by atoms with Crippen LogP contribution in [0.4, 0.5) is 0 Å². The Bertz CT molecular complexity index is 292. The number of hydrogen-bond acceptors (Lipinski definition) is 3. The second kappa shape index (κ2) is 5.28. The minimum Gasteiger partial charge on any atom is -0.383 e. The van der Waals surface area contributed by atoms with E-state index in [-0.39, 0.29) is 0 Å². The fourth-order valence-electron chi connectivity index (χ4n) is 2.15. The Hall–Kier alpha value is -0.870. The third kappa shape index (κ3) is 2.58. The van der Waals surface area contributed by atoms with Gasteiger partial charge in [-0.25, -0.2) is 4.98 Å². The molecule has 1 N–H and O–H groups in total. The van der Waals surface area contributed by atoms with Gasteiger partial charge in [-0.15, -0.1) is 0 Å². The standard InChI is InChI=1S/C11H19N3O/c1-15-6-5-14-9-13-8-11(14)10-3-2-4-12-7-10/h8-10,12H,2-7H2,1H3. The summed E-state index contributed by atoms with van der Waals surface area (Å²) in [4.78, 5) is 4.23. The molecule has 0 radical (unpaired) electrons. The molecule has 1 aliphatic heterocycles. The summed E-state index contributed by atoms with van der Waals surface area (Å²) in [6, 6.07) is 0. The third-order valence-electron chi connectivity index (χ3n) is 3.00. The van der Waals surface area contributed by atoms with Crippen molar-refractivity contribution in [2.24, 2.45) is 0 Å². The molecule has 2 rings (SSSR count). The van der Waals surface area contributed by atoms with Gasteiger partial charge in [-0.2, -0.15) is 0 Å². The molecule has 0 aromatic carbocycles. The number of hydrogen-bond donors (Lipinski definition) is 1. The molecule has 1 saturated heterocycles. The minimum atomic E-state index is 0.623. The smallest absolute Gasteiger partial charge is 0.0949 e. The van der Waals surface area contributed by atoms with Crippen LogP contribution in [0.3, 0.4) is 0 Å². The summed E-state index contributed by atoms with van der Waals surface area (Å²) in [7, 11) is 1.73. The summed E-state index contributed by atoms with van der Waals surface area (Å²) < 4.78 is 7.30. The highest BCUT2D eigenvalue weighted by Gasteiger charge is 2.18. The lowest BCUT2D eigenvalue weighted by atomic mass is 9.96. The van der Waals surface area contributed by atoms with E-state index >= 15 is 0 Å². The Kier molecular flexibility index (Phi) is 3.75. The molecule has 0 aliphatic carbocycles. The zero-order valence-electron chi connectivity index (χ0n) is 9.28. The first-order valence-corrected chi connectivity index (χ1v) is 5.61. The average molecular weight is 209 g/mol. The highest BCUT2D eigenvalue weighted by atomic mass is 16.5. The van der Waals surface area contributed by atoms with Crippen molar-refractivity contribution in [1.29, 1.82) is 0 Å². The number of ether oxygens (including phenoxy) is 1. The number of piperidine rings is 1. The van der Waals surface area contributed by atoms with Gasteiger partial charge >= 0.3 is 0 Å². The maximum atomic E-state index is 5.09. The molecular weight excluding hydrogens is 190 g/mol. The molecule has 1 fully saturated rings. The van der Waals surface area contributed by atoms with Gasteiger partial charge in [0.25, 0.3) is 0 Å². The van der Waals surface area contributed by atoms with Crippen LogP contribution >= 0.6 is 0 Å². The van der Waals surface area contributed by atoms with Crippen molar-refractivity contribution >= 4 is 0 Å². The van der Waals surface area contributed by atoms with Crippen molar-refractivity contribution in [3.8, 4) is 0 Å². The Balaban J connectivity index is 2.02. The lowest BCUT2D eigenvalue weighted by molar-refractivity contribution is 0.185. The van der Waals surface area contributed by atoms with E-state index in [0.717, 1.165) is 26.2 Å². The third-order valence-corrected chi connectivity index (χ3v) is 3.00. The number of rotatable bonds is 4. The van der Waals surface area contributed by atoms with E-state index < -0.39 is 0 Å². The minimum absolute atomic E-state index is 0.623. The van der Waals surface area contributed by atoms with E-state index in [1.807, 2.05) is 12.5 Å². The van der Waals surface area contributed by atoms with E-state index in [1.165, 1.54) is 18.5 Å². The molecule has 0 amide bonds. The Morgan fingerprint density at radius 1 is 1.67 bits per heavy atom. The summed E-state index contributed by atoms with van der Waals surface area (Å²) >= 11 is 0. The Morgan fingerprint density at radius 2 is 2.60 bits per heavy atom. The summed E-state index contributed by atoms with van der Waals surface area (Å²) in [6.07, 6.45) is 6.43. The molecular formula is C11H19N3O. The van der Waals surface area contributed by atoms with Crippen LogP contribution in [-0.2, 0) is 11.3 Å². The molecule has 4 heteroatoms. The van der Waals surface area contributed by atoms with Crippen LogP contribution in [-0.4, -0.2) is 36.4 Å². The van der Waals surface area contributed by atoms with Crippen molar-refractivity contribution in [3.63, 3.8) is 0 Å². The SMILES string of the molecule is COCCn1cncc1C1CCCNC1. The molecule has 0 bridgehead atoms. The molecule has 15 heavy (non-hydrogen) atoms. The van der Waals surface area contributed by atoms with Gasteiger partial charge in [0.2, 0.25) is 0 Å². The first-order valence-electron chi connectivity index (χ1n) is 5.61. The highest BCUT2D eigenvalue weighted by molar-refractivity contribution is 5.08. The lowest BCUT2D eigenvalue weighted by Crippen LogP contribution is -2.29. The van der Waals surface area contributed by atoms with Crippen molar-refractivity contribution in [2.45, 2.75) is 25.3 Å². The lowest BCUT2D eigenvalue weighted by Gasteiger charge is -2.23. The topological polar surface area (TPSA) is 39.1 Å². The van der Waals surface area contributed by atoms with Gasteiger partial charge in [0.1, 0.15) is 0 Å². The summed E-state index contributed by atoms with van der Waals surface area (Å²) in [6.45, 7) is 3.90. The second-order valence-electron chi connectivity index (χ2n) is 4.05. The average Bonchev–Trinajstić information content (AvgIpc) is 2.75. The zero-order chi connectivity index (χ0) is 10.5. The first kappa shape index (κ1) is 10.6. The largest absolute Gasteiger partial charge is 0.383 e.